The lowest BCUT2D eigenvalue weighted by Crippen LogP contribution is -2.57. The van der Waals surface area contributed by atoms with Crippen LogP contribution in [0.15, 0.2) is 24.4 Å². The maximum atomic E-state index is 12.2. The fourth-order valence-electron chi connectivity index (χ4n) is 4.87. The van der Waals surface area contributed by atoms with Crippen molar-refractivity contribution < 1.29 is 13.2 Å². The topological polar surface area (TPSA) is 66.0 Å². The third-order valence-electron chi connectivity index (χ3n) is 6.66. The van der Waals surface area contributed by atoms with Gasteiger partial charge in [-0.2, -0.15) is 0 Å². The van der Waals surface area contributed by atoms with Crippen LogP contribution >= 0.6 is 0 Å². The largest absolute Gasteiger partial charge is 0.375 e. The van der Waals surface area contributed by atoms with Crippen molar-refractivity contribution in [1.29, 1.82) is 0 Å². The number of aromatic nitrogens is 1. The summed E-state index contributed by atoms with van der Waals surface area (Å²) < 4.78 is 32.2. The minimum Gasteiger partial charge on any atom is -0.375 e. The Hall–Kier alpha value is -1.22. The minimum absolute atomic E-state index is 0.138. The molecule has 7 nitrogen and oxygen atoms in total. The zero-order valence-electron chi connectivity index (χ0n) is 16.8. The van der Waals surface area contributed by atoms with Gasteiger partial charge in [-0.05, 0) is 44.7 Å². The molecular weight excluding hydrogens is 376 g/mol. The standard InChI is InChI=1S/C20H32N4O3S/c1-2-28(25,26)24-10-7-20(8-11-24)17-18(6-16-27-20)22-12-14-23(15-13-22)19-5-3-4-9-21-19/h3-5,9,18H,2,6-8,10-17H2,1H3. The maximum absolute atomic E-state index is 12.2. The van der Waals surface area contributed by atoms with Gasteiger partial charge in [-0.25, -0.2) is 17.7 Å². The van der Waals surface area contributed by atoms with Crippen LogP contribution in [0.25, 0.3) is 0 Å². The summed E-state index contributed by atoms with van der Waals surface area (Å²) in [4.78, 5) is 9.45. The van der Waals surface area contributed by atoms with Gasteiger partial charge in [-0.15, -0.1) is 0 Å². The van der Waals surface area contributed by atoms with Crippen molar-refractivity contribution in [2.24, 2.45) is 0 Å². The number of hydrogen-bond donors (Lipinski definition) is 0. The molecule has 156 valence electrons. The molecule has 0 radical (unpaired) electrons. The Kier molecular flexibility index (Phi) is 5.92. The Labute approximate surface area is 168 Å². The third kappa shape index (κ3) is 4.20. The van der Waals surface area contributed by atoms with E-state index in [1.54, 1.807) is 11.2 Å². The molecule has 3 aliphatic heterocycles. The van der Waals surface area contributed by atoms with E-state index in [1.165, 1.54) is 0 Å². The molecule has 3 saturated heterocycles. The van der Waals surface area contributed by atoms with Gasteiger partial charge in [0.1, 0.15) is 5.82 Å². The second-order valence-corrected chi connectivity index (χ2v) is 10.4. The zero-order chi connectivity index (χ0) is 19.6. The zero-order valence-corrected chi connectivity index (χ0v) is 17.6. The van der Waals surface area contributed by atoms with E-state index in [0.29, 0.717) is 19.1 Å². The van der Waals surface area contributed by atoms with Crippen LogP contribution in [0.1, 0.15) is 32.6 Å². The Morgan fingerprint density at radius 3 is 2.54 bits per heavy atom. The van der Waals surface area contributed by atoms with E-state index in [-0.39, 0.29) is 11.4 Å². The number of rotatable bonds is 4. The van der Waals surface area contributed by atoms with Crippen molar-refractivity contribution >= 4 is 15.8 Å². The molecule has 3 aliphatic rings. The van der Waals surface area contributed by atoms with Crippen LogP contribution in [0.5, 0.6) is 0 Å². The average Bonchev–Trinajstić information content (AvgIpc) is 2.75. The summed E-state index contributed by atoms with van der Waals surface area (Å²) in [7, 11) is -3.09. The van der Waals surface area contributed by atoms with Crippen molar-refractivity contribution in [2.45, 2.75) is 44.2 Å². The number of piperazine rings is 1. The monoisotopic (exact) mass is 408 g/mol. The predicted octanol–water partition coefficient (Wildman–Crippen LogP) is 1.57. The van der Waals surface area contributed by atoms with E-state index >= 15 is 0 Å². The summed E-state index contributed by atoms with van der Waals surface area (Å²) in [6.07, 6.45) is 5.58. The van der Waals surface area contributed by atoms with Gasteiger partial charge in [-0.1, -0.05) is 6.07 Å². The van der Waals surface area contributed by atoms with Crippen LogP contribution in [0.3, 0.4) is 0 Å². The highest BCUT2D eigenvalue weighted by Crippen LogP contribution is 2.37. The van der Waals surface area contributed by atoms with Gasteiger partial charge in [0.15, 0.2) is 0 Å². The molecule has 0 bridgehead atoms. The quantitative estimate of drug-likeness (QED) is 0.753. The van der Waals surface area contributed by atoms with Crippen molar-refractivity contribution in [3.8, 4) is 0 Å². The SMILES string of the molecule is CCS(=O)(=O)N1CCC2(CC1)CC(N1CCN(c3ccccn3)CC1)CCO2. The van der Waals surface area contributed by atoms with Crippen LogP contribution in [0, 0.1) is 0 Å². The summed E-state index contributed by atoms with van der Waals surface area (Å²) in [5.74, 6) is 1.25. The summed E-state index contributed by atoms with van der Waals surface area (Å²) in [5, 5.41) is 0. The van der Waals surface area contributed by atoms with Crippen molar-refractivity contribution in [3.63, 3.8) is 0 Å². The first-order valence-electron chi connectivity index (χ1n) is 10.5. The highest BCUT2D eigenvalue weighted by atomic mass is 32.2. The lowest BCUT2D eigenvalue weighted by molar-refractivity contribution is -0.127. The van der Waals surface area contributed by atoms with Crippen molar-refractivity contribution in [3.05, 3.63) is 24.4 Å². The van der Waals surface area contributed by atoms with E-state index in [1.807, 2.05) is 18.3 Å². The lowest BCUT2D eigenvalue weighted by atomic mass is 9.82. The molecule has 0 N–H and O–H groups in total. The Balaban J connectivity index is 1.33. The summed E-state index contributed by atoms with van der Waals surface area (Å²) >= 11 is 0. The van der Waals surface area contributed by atoms with Crippen LogP contribution in [0.2, 0.25) is 0 Å². The molecule has 0 saturated carbocycles. The van der Waals surface area contributed by atoms with E-state index in [0.717, 1.165) is 64.3 Å². The van der Waals surface area contributed by atoms with E-state index in [4.69, 9.17) is 4.74 Å². The Morgan fingerprint density at radius 1 is 1.14 bits per heavy atom. The summed E-state index contributed by atoms with van der Waals surface area (Å²) in [5.41, 5.74) is -0.138. The maximum Gasteiger partial charge on any atom is 0.213 e. The molecule has 3 fully saturated rings. The van der Waals surface area contributed by atoms with Gasteiger partial charge in [0.2, 0.25) is 10.0 Å². The number of piperidine rings is 1. The van der Waals surface area contributed by atoms with Crippen LogP contribution in [-0.4, -0.2) is 85.9 Å². The second-order valence-electron chi connectivity index (χ2n) is 8.19. The number of ether oxygens (including phenoxy) is 1. The van der Waals surface area contributed by atoms with Crippen molar-refractivity contribution in [2.75, 3.05) is 56.5 Å². The Bertz CT molecular complexity index is 742. The molecule has 1 spiro atoms. The molecule has 0 amide bonds. The molecule has 1 aromatic rings. The number of hydrogen-bond acceptors (Lipinski definition) is 6. The number of pyridine rings is 1. The first kappa shape index (κ1) is 20.1. The first-order valence-corrected chi connectivity index (χ1v) is 12.1. The third-order valence-corrected chi connectivity index (χ3v) is 8.54. The molecule has 1 unspecified atom stereocenters. The molecule has 1 aromatic heterocycles. The molecule has 8 heteroatoms. The highest BCUT2D eigenvalue weighted by Gasteiger charge is 2.43. The highest BCUT2D eigenvalue weighted by molar-refractivity contribution is 7.89. The summed E-state index contributed by atoms with van der Waals surface area (Å²) in [6, 6.07) is 6.62. The number of anilines is 1. The van der Waals surface area contributed by atoms with Gasteiger partial charge in [0.05, 0.1) is 11.4 Å². The fourth-order valence-corrected chi connectivity index (χ4v) is 5.98. The molecule has 4 heterocycles. The molecular formula is C20H32N4O3S. The number of nitrogens with zero attached hydrogens (tertiary/aromatic N) is 4. The molecule has 28 heavy (non-hydrogen) atoms. The van der Waals surface area contributed by atoms with Crippen molar-refractivity contribution in [1.82, 2.24) is 14.2 Å². The van der Waals surface area contributed by atoms with Gasteiger partial charge in [-0.3, -0.25) is 4.90 Å². The van der Waals surface area contributed by atoms with Gasteiger partial charge in [0.25, 0.3) is 0 Å². The first-order chi connectivity index (χ1) is 13.5. The van der Waals surface area contributed by atoms with Crippen LogP contribution in [-0.2, 0) is 14.8 Å². The predicted molar refractivity (Wildman–Crippen MR) is 110 cm³/mol. The average molecular weight is 409 g/mol. The lowest BCUT2D eigenvalue weighted by Gasteiger charge is -2.49. The van der Waals surface area contributed by atoms with E-state index in [2.05, 4.69) is 20.9 Å². The smallest absolute Gasteiger partial charge is 0.213 e. The normalized spacial score (nSPS) is 27.2. The molecule has 1 atom stereocenters. The van der Waals surface area contributed by atoms with Crippen LogP contribution < -0.4 is 4.90 Å². The second kappa shape index (κ2) is 8.26. The molecule has 0 aliphatic carbocycles. The number of sulfonamides is 1. The van der Waals surface area contributed by atoms with Crippen LogP contribution in [0.4, 0.5) is 5.82 Å². The fraction of sp³-hybridized carbons (Fsp3) is 0.750. The molecule has 0 aromatic carbocycles. The summed E-state index contributed by atoms with van der Waals surface area (Å²) in [6.45, 7) is 7.80. The Morgan fingerprint density at radius 2 is 1.89 bits per heavy atom. The molecule has 4 rings (SSSR count). The van der Waals surface area contributed by atoms with Gasteiger partial charge in [0, 0.05) is 58.1 Å². The van der Waals surface area contributed by atoms with E-state index in [9.17, 15) is 8.42 Å². The van der Waals surface area contributed by atoms with Gasteiger partial charge < -0.3 is 9.64 Å². The minimum atomic E-state index is -3.09. The van der Waals surface area contributed by atoms with Gasteiger partial charge >= 0.3 is 0 Å². The van der Waals surface area contributed by atoms with E-state index < -0.39 is 10.0 Å².